The maximum atomic E-state index is 11.2. The van der Waals surface area contributed by atoms with E-state index in [-0.39, 0.29) is 5.69 Å². The summed E-state index contributed by atoms with van der Waals surface area (Å²) in [5.41, 5.74) is 0.733. The highest BCUT2D eigenvalue weighted by Crippen LogP contribution is 2.28. The molecule has 0 spiro atoms. The van der Waals surface area contributed by atoms with Crippen LogP contribution in [0.15, 0.2) is 31.9 Å². The molecule has 3 rings (SSSR count). The quantitative estimate of drug-likeness (QED) is 0.749. The second-order valence-corrected chi connectivity index (χ2v) is 6.01. The van der Waals surface area contributed by atoms with Crippen molar-refractivity contribution in [1.29, 1.82) is 0 Å². The van der Waals surface area contributed by atoms with Gasteiger partial charge in [0.2, 0.25) is 0 Å². The summed E-state index contributed by atoms with van der Waals surface area (Å²) in [5, 5.41) is 9.86. The molecule has 0 aliphatic rings. The van der Waals surface area contributed by atoms with E-state index in [9.17, 15) is 4.79 Å². The molecule has 0 aliphatic carbocycles. The second-order valence-electron chi connectivity index (χ2n) is 4.21. The summed E-state index contributed by atoms with van der Waals surface area (Å²) in [7, 11) is 1.69. The Balaban J connectivity index is 1.71. The number of aromatic amines is 1. The topological polar surface area (TPSA) is 76.7 Å². The van der Waals surface area contributed by atoms with Crippen LogP contribution in [0.1, 0.15) is 11.5 Å². The molecular formula is C12H12N4O2S2. The number of aromatic nitrogens is 4. The Morgan fingerprint density at radius 1 is 1.50 bits per heavy atom. The first-order valence-corrected chi connectivity index (χ1v) is 7.75. The number of rotatable bonds is 4. The fourth-order valence-electron chi connectivity index (χ4n) is 1.64. The average molecular weight is 308 g/mol. The van der Waals surface area contributed by atoms with Gasteiger partial charge < -0.3 is 4.42 Å². The summed E-state index contributed by atoms with van der Waals surface area (Å²) in [6, 6.07) is 3.84. The van der Waals surface area contributed by atoms with E-state index < -0.39 is 0 Å². The Morgan fingerprint density at radius 3 is 3.00 bits per heavy atom. The van der Waals surface area contributed by atoms with Crippen molar-refractivity contribution in [3.8, 4) is 10.8 Å². The summed E-state index contributed by atoms with van der Waals surface area (Å²) in [4.78, 5) is 15.8. The van der Waals surface area contributed by atoms with E-state index in [2.05, 4.69) is 15.2 Å². The summed E-state index contributed by atoms with van der Waals surface area (Å²) in [6.07, 6.45) is 0. The van der Waals surface area contributed by atoms with Gasteiger partial charge in [0, 0.05) is 18.2 Å². The smallest absolute Gasteiger partial charge is 0.343 e. The minimum atomic E-state index is -0.211. The van der Waals surface area contributed by atoms with Gasteiger partial charge in [-0.1, -0.05) is 11.8 Å². The number of hydrogen-bond acceptors (Lipinski definition) is 6. The molecule has 0 amide bonds. The van der Waals surface area contributed by atoms with Crippen LogP contribution in [0.5, 0.6) is 0 Å². The van der Waals surface area contributed by atoms with Gasteiger partial charge in [-0.05, 0) is 19.1 Å². The number of furan rings is 1. The van der Waals surface area contributed by atoms with Crippen LogP contribution in [-0.2, 0) is 12.8 Å². The first-order valence-electron chi connectivity index (χ1n) is 5.89. The van der Waals surface area contributed by atoms with E-state index in [1.54, 1.807) is 18.4 Å². The average Bonchev–Trinajstić information content (AvgIpc) is 3.12. The lowest BCUT2D eigenvalue weighted by Gasteiger charge is -1.96. The molecule has 0 fully saturated rings. The van der Waals surface area contributed by atoms with E-state index in [4.69, 9.17) is 4.42 Å². The number of thiazole rings is 1. The zero-order valence-electron chi connectivity index (χ0n) is 10.9. The molecule has 1 N–H and O–H groups in total. The monoisotopic (exact) mass is 308 g/mol. The third kappa shape index (κ3) is 2.56. The van der Waals surface area contributed by atoms with Crippen molar-refractivity contribution in [3.63, 3.8) is 0 Å². The molecule has 3 heterocycles. The lowest BCUT2D eigenvalue weighted by atomic mass is 10.4. The Hall–Kier alpha value is -1.80. The standard InChI is InChI=1S/C12H12N4O2S2/c1-7-3-4-9(18-7)10-13-8(5-19-10)6-20-12-15-14-11(17)16(12)2/h3-5H,6H2,1-2H3,(H,14,17). The summed E-state index contributed by atoms with van der Waals surface area (Å²) < 4.78 is 7.03. The lowest BCUT2D eigenvalue weighted by molar-refractivity contribution is 0.548. The minimum Gasteiger partial charge on any atom is -0.459 e. The van der Waals surface area contributed by atoms with Crippen molar-refractivity contribution in [2.45, 2.75) is 17.8 Å². The maximum Gasteiger partial charge on any atom is 0.343 e. The third-order valence-electron chi connectivity index (χ3n) is 2.69. The summed E-state index contributed by atoms with van der Waals surface area (Å²) >= 11 is 3.01. The normalized spacial score (nSPS) is 11.1. The molecule has 3 aromatic rings. The highest BCUT2D eigenvalue weighted by Gasteiger charge is 2.10. The van der Waals surface area contributed by atoms with Gasteiger partial charge in [-0.2, -0.15) is 0 Å². The van der Waals surface area contributed by atoms with E-state index in [1.165, 1.54) is 16.3 Å². The first-order chi connectivity index (χ1) is 9.63. The van der Waals surface area contributed by atoms with Gasteiger partial charge in [0.1, 0.15) is 5.76 Å². The summed E-state index contributed by atoms with van der Waals surface area (Å²) in [5.74, 6) is 2.32. The Labute approximate surface area is 122 Å². The molecule has 20 heavy (non-hydrogen) atoms. The van der Waals surface area contributed by atoms with Crippen LogP contribution >= 0.6 is 23.1 Å². The predicted octanol–water partition coefficient (Wildman–Crippen LogP) is 2.43. The van der Waals surface area contributed by atoms with E-state index in [0.717, 1.165) is 22.2 Å². The van der Waals surface area contributed by atoms with Gasteiger partial charge in [0.05, 0.1) is 5.69 Å². The second kappa shape index (κ2) is 5.29. The van der Waals surface area contributed by atoms with Crippen LogP contribution < -0.4 is 5.69 Å². The van der Waals surface area contributed by atoms with Crippen molar-refractivity contribution in [2.24, 2.45) is 7.05 Å². The highest BCUT2D eigenvalue weighted by molar-refractivity contribution is 7.98. The molecule has 0 atom stereocenters. The van der Waals surface area contributed by atoms with Crippen LogP contribution in [0.4, 0.5) is 0 Å². The molecule has 6 nitrogen and oxygen atoms in total. The van der Waals surface area contributed by atoms with Gasteiger partial charge >= 0.3 is 5.69 Å². The van der Waals surface area contributed by atoms with Crippen molar-refractivity contribution < 1.29 is 4.42 Å². The van der Waals surface area contributed by atoms with Crippen LogP contribution in [0.3, 0.4) is 0 Å². The predicted molar refractivity (Wildman–Crippen MR) is 77.9 cm³/mol. The molecule has 0 aromatic carbocycles. The molecule has 0 radical (unpaired) electrons. The number of H-pyrrole nitrogens is 1. The van der Waals surface area contributed by atoms with E-state index in [1.807, 2.05) is 24.4 Å². The molecule has 8 heteroatoms. The molecule has 0 saturated heterocycles. The van der Waals surface area contributed by atoms with Crippen molar-refractivity contribution in [1.82, 2.24) is 19.7 Å². The number of thioether (sulfide) groups is 1. The van der Waals surface area contributed by atoms with Crippen molar-refractivity contribution >= 4 is 23.1 Å². The molecule has 0 saturated carbocycles. The van der Waals surface area contributed by atoms with Gasteiger partial charge in [-0.3, -0.25) is 4.57 Å². The molecule has 3 aromatic heterocycles. The van der Waals surface area contributed by atoms with Crippen LogP contribution in [0.25, 0.3) is 10.8 Å². The van der Waals surface area contributed by atoms with Gasteiger partial charge in [-0.25, -0.2) is 14.9 Å². The number of nitrogens with zero attached hydrogens (tertiary/aromatic N) is 3. The largest absolute Gasteiger partial charge is 0.459 e. The Morgan fingerprint density at radius 2 is 2.35 bits per heavy atom. The Kier molecular flexibility index (Phi) is 3.49. The van der Waals surface area contributed by atoms with Crippen LogP contribution in [0.2, 0.25) is 0 Å². The molecule has 0 unspecified atom stereocenters. The number of hydrogen-bond donors (Lipinski definition) is 1. The van der Waals surface area contributed by atoms with Crippen molar-refractivity contribution in [3.05, 3.63) is 39.5 Å². The highest BCUT2D eigenvalue weighted by atomic mass is 32.2. The molecule has 104 valence electrons. The molecular weight excluding hydrogens is 296 g/mol. The minimum absolute atomic E-state index is 0.211. The van der Waals surface area contributed by atoms with Gasteiger partial charge in [-0.15, -0.1) is 16.4 Å². The van der Waals surface area contributed by atoms with E-state index in [0.29, 0.717) is 10.9 Å². The zero-order valence-corrected chi connectivity index (χ0v) is 12.5. The first kappa shape index (κ1) is 13.2. The maximum absolute atomic E-state index is 11.2. The SMILES string of the molecule is Cc1ccc(-c2nc(CSc3n[nH]c(=O)n3C)cs2)o1. The molecule has 0 bridgehead atoms. The Bertz CT molecular complexity index is 783. The van der Waals surface area contributed by atoms with Crippen LogP contribution in [0, 0.1) is 6.92 Å². The third-order valence-corrected chi connectivity index (χ3v) is 4.66. The van der Waals surface area contributed by atoms with Crippen molar-refractivity contribution in [2.75, 3.05) is 0 Å². The lowest BCUT2D eigenvalue weighted by Crippen LogP contribution is -2.12. The fraction of sp³-hybridized carbons (Fsp3) is 0.250. The number of aryl methyl sites for hydroxylation is 1. The van der Waals surface area contributed by atoms with Gasteiger partial charge in [0.25, 0.3) is 0 Å². The zero-order chi connectivity index (χ0) is 14.1. The number of nitrogens with one attached hydrogen (secondary N) is 1. The van der Waals surface area contributed by atoms with E-state index >= 15 is 0 Å². The van der Waals surface area contributed by atoms with Crippen LogP contribution in [-0.4, -0.2) is 19.7 Å². The molecule has 0 aliphatic heterocycles. The summed E-state index contributed by atoms with van der Waals surface area (Å²) in [6.45, 7) is 1.91. The van der Waals surface area contributed by atoms with Gasteiger partial charge in [0.15, 0.2) is 15.9 Å². The fourth-order valence-corrected chi connectivity index (χ4v) is 3.33.